The van der Waals surface area contributed by atoms with E-state index in [4.69, 9.17) is 10.5 Å². The molecule has 0 spiro atoms. The Bertz CT molecular complexity index is 450. The van der Waals surface area contributed by atoms with E-state index in [1.165, 1.54) is 0 Å². The third-order valence-corrected chi connectivity index (χ3v) is 3.26. The van der Waals surface area contributed by atoms with Gasteiger partial charge >= 0.3 is 6.18 Å². The molecule has 1 aliphatic rings. The van der Waals surface area contributed by atoms with Crippen molar-refractivity contribution in [3.63, 3.8) is 0 Å². The molecule has 1 aromatic carbocycles. The van der Waals surface area contributed by atoms with Gasteiger partial charge in [-0.15, -0.1) is 0 Å². The first-order valence-corrected chi connectivity index (χ1v) is 6.52. The molecule has 2 rings (SSSR count). The molecule has 0 aliphatic carbocycles. The zero-order valence-electron chi connectivity index (χ0n) is 11.1. The number of fused-ring (bicyclic) bond motifs is 1. The van der Waals surface area contributed by atoms with Crippen molar-refractivity contribution < 1.29 is 22.6 Å². The smallest absolute Gasteiger partial charge is 0.411 e. The van der Waals surface area contributed by atoms with Crippen LogP contribution >= 0.6 is 0 Å². The van der Waals surface area contributed by atoms with Gasteiger partial charge in [-0.25, -0.2) is 0 Å². The zero-order chi connectivity index (χ0) is 14.6. The molecule has 0 saturated carbocycles. The molecule has 0 aromatic heterocycles. The highest BCUT2D eigenvalue weighted by atomic mass is 19.4. The van der Waals surface area contributed by atoms with Crippen molar-refractivity contribution in [2.75, 3.05) is 19.8 Å². The average Bonchev–Trinajstić information content (AvgIpc) is 2.37. The molecule has 0 radical (unpaired) electrons. The van der Waals surface area contributed by atoms with Gasteiger partial charge < -0.3 is 15.2 Å². The van der Waals surface area contributed by atoms with E-state index in [0.717, 1.165) is 11.3 Å². The SMILES string of the molecule is NC1(CCCOCC(F)(F)F)COc2ccccc2C1. The predicted molar refractivity (Wildman–Crippen MR) is 68.7 cm³/mol. The van der Waals surface area contributed by atoms with E-state index in [0.29, 0.717) is 25.9 Å². The van der Waals surface area contributed by atoms with Crippen molar-refractivity contribution >= 4 is 0 Å². The number of benzene rings is 1. The Morgan fingerprint density at radius 2 is 2.05 bits per heavy atom. The van der Waals surface area contributed by atoms with Crippen LogP contribution in [0.25, 0.3) is 0 Å². The summed E-state index contributed by atoms with van der Waals surface area (Å²) in [5.74, 6) is 0.835. The van der Waals surface area contributed by atoms with Crippen molar-refractivity contribution in [1.82, 2.24) is 0 Å². The maximum Gasteiger partial charge on any atom is 0.411 e. The fraction of sp³-hybridized carbons (Fsp3) is 0.571. The highest BCUT2D eigenvalue weighted by Crippen LogP contribution is 2.30. The molecule has 2 N–H and O–H groups in total. The molecule has 20 heavy (non-hydrogen) atoms. The summed E-state index contributed by atoms with van der Waals surface area (Å²) < 4.78 is 45.9. The maximum absolute atomic E-state index is 11.9. The van der Waals surface area contributed by atoms with Crippen LogP contribution < -0.4 is 10.5 Å². The van der Waals surface area contributed by atoms with Crippen molar-refractivity contribution in [3.8, 4) is 5.75 Å². The topological polar surface area (TPSA) is 44.5 Å². The van der Waals surface area contributed by atoms with E-state index in [1.807, 2.05) is 24.3 Å². The van der Waals surface area contributed by atoms with E-state index in [-0.39, 0.29) is 6.61 Å². The van der Waals surface area contributed by atoms with Gasteiger partial charge in [0.25, 0.3) is 0 Å². The van der Waals surface area contributed by atoms with Crippen LogP contribution in [0.5, 0.6) is 5.75 Å². The summed E-state index contributed by atoms with van der Waals surface area (Å²) >= 11 is 0. The van der Waals surface area contributed by atoms with Gasteiger partial charge in [0, 0.05) is 6.61 Å². The van der Waals surface area contributed by atoms with E-state index in [1.54, 1.807) is 0 Å². The van der Waals surface area contributed by atoms with Gasteiger partial charge in [0.05, 0.1) is 5.54 Å². The summed E-state index contributed by atoms with van der Waals surface area (Å²) in [5.41, 5.74) is 6.75. The van der Waals surface area contributed by atoms with Crippen molar-refractivity contribution in [2.24, 2.45) is 5.73 Å². The first kappa shape index (κ1) is 15.1. The Morgan fingerprint density at radius 1 is 1.30 bits per heavy atom. The fourth-order valence-electron chi connectivity index (χ4n) is 2.32. The molecular formula is C14H18F3NO2. The summed E-state index contributed by atoms with van der Waals surface area (Å²) in [6.45, 7) is -0.771. The molecule has 1 aromatic rings. The summed E-state index contributed by atoms with van der Waals surface area (Å²) in [5, 5.41) is 0. The van der Waals surface area contributed by atoms with Crippen molar-refractivity contribution in [2.45, 2.75) is 31.0 Å². The minimum atomic E-state index is -4.27. The molecule has 0 amide bonds. The molecule has 1 aliphatic heterocycles. The average molecular weight is 289 g/mol. The molecule has 0 fully saturated rings. The van der Waals surface area contributed by atoms with Gasteiger partial charge in [0.2, 0.25) is 0 Å². The lowest BCUT2D eigenvalue weighted by molar-refractivity contribution is -0.174. The Labute approximate surface area is 115 Å². The van der Waals surface area contributed by atoms with Gasteiger partial charge in [0.1, 0.15) is 19.0 Å². The van der Waals surface area contributed by atoms with E-state index >= 15 is 0 Å². The Hall–Kier alpha value is -1.27. The predicted octanol–water partition coefficient (Wildman–Crippen LogP) is 2.68. The molecule has 1 atom stereocenters. The monoisotopic (exact) mass is 289 g/mol. The van der Waals surface area contributed by atoms with Crippen LogP contribution in [0.2, 0.25) is 0 Å². The Morgan fingerprint density at radius 3 is 2.80 bits per heavy atom. The number of para-hydroxylation sites is 1. The van der Waals surface area contributed by atoms with Crippen LogP contribution in [-0.4, -0.2) is 31.5 Å². The molecular weight excluding hydrogens is 271 g/mol. The molecule has 1 heterocycles. The maximum atomic E-state index is 11.9. The Kier molecular flexibility index (Phi) is 4.55. The standard InChI is InChI=1S/C14H18F3NO2/c15-14(16,17)10-19-7-3-6-13(18)8-11-4-1-2-5-12(11)20-9-13/h1-2,4-5H,3,6-10,18H2. The number of hydrogen-bond donors (Lipinski definition) is 1. The first-order valence-electron chi connectivity index (χ1n) is 6.52. The number of hydrogen-bond acceptors (Lipinski definition) is 3. The van der Waals surface area contributed by atoms with Crippen LogP contribution in [-0.2, 0) is 11.2 Å². The lowest BCUT2D eigenvalue weighted by Crippen LogP contribution is -2.50. The van der Waals surface area contributed by atoms with E-state index in [9.17, 15) is 13.2 Å². The molecule has 3 nitrogen and oxygen atoms in total. The van der Waals surface area contributed by atoms with Crippen LogP contribution in [0.3, 0.4) is 0 Å². The van der Waals surface area contributed by atoms with Crippen LogP contribution in [0.1, 0.15) is 18.4 Å². The van der Waals surface area contributed by atoms with Gasteiger partial charge in [-0.3, -0.25) is 0 Å². The molecule has 1 unspecified atom stereocenters. The second-order valence-corrected chi connectivity index (χ2v) is 5.21. The number of nitrogens with two attached hydrogens (primary N) is 1. The van der Waals surface area contributed by atoms with Crippen LogP contribution in [0.4, 0.5) is 13.2 Å². The first-order chi connectivity index (χ1) is 9.38. The van der Waals surface area contributed by atoms with Crippen LogP contribution in [0, 0.1) is 0 Å². The number of halogens is 3. The summed E-state index contributed by atoms with van der Waals surface area (Å²) in [7, 11) is 0. The van der Waals surface area contributed by atoms with Crippen LogP contribution in [0.15, 0.2) is 24.3 Å². The van der Waals surface area contributed by atoms with Gasteiger partial charge in [0.15, 0.2) is 0 Å². The zero-order valence-corrected chi connectivity index (χ0v) is 11.1. The third-order valence-electron chi connectivity index (χ3n) is 3.26. The highest BCUT2D eigenvalue weighted by Gasteiger charge is 2.32. The quantitative estimate of drug-likeness (QED) is 0.848. The normalized spacial score (nSPS) is 22.2. The molecule has 6 heteroatoms. The molecule has 0 saturated heterocycles. The largest absolute Gasteiger partial charge is 0.491 e. The number of rotatable bonds is 5. The Balaban J connectivity index is 1.76. The lowest BCUT2D eigenvalue weighted by atomic mass is 9.86. The summed E-state index contributed by atoms with van der Waals surface area (Å²) in [6, 6.07) is 7.66. The lowest BCUT2D eigenvalue weighted by Gasteiger charge is -2.34. The van der Waals surface area contributed by atoms with Crippen molar-refractivity contribution in [1.29, 1.82) is 0 Å². The summed E-state index contributed by atoms with van der Waals surface area (Å²) in [4.78, 5) is 0. The molecule has 112 valence electrons. The number of alkyl halides is 3. The highest BCUT2D eigenvalue weighted by molar-refractivity contribution is 5.36. The molecule has 0 bridgehead atoms. The minimum absolute atomic E-state index is 0.0557. The third kappa shape index (κ3) is 4.38. The summed E-state index contributed by atoms with van der Waals surface area (Å²) in [6.07, 6.45) is -2.55. The van der Waals surface area contributed by atoms with E-state index < -0.39 is 18.3 Å². The van der Waals surface area contributed by atoms with Gasteiger partial charge in [-0.2, -0.15) is 13.2 Å². The number of ether oxygens (including phenoxy) is 2. The second-order valence-electron chi connectivity index (χ2n) is 5.21. The second kappa shape index (κ2) is 6.01. The van der Waals surface area contributed by atoms with E-state index in [2.05, 4.69) is 4.74 Å². The van der Waals surface area contributed by atoms with Gasteiger partial charge in [-0.1, -0.05) is 18.2 Å². The minimum Gasteiger partial charge on any atom is -0.491 e. The van der Waals surface area contributed by atoms with Gasteiger partial charge in [-0.05, 0) is 30.9 Å². The van der Waals surface area contributed by atoms with Crippen molar-refractivity contribution in [3.05, 3.63) is 29.8 Å². The fourth-order valence-corrected chi connectivity index (χ4v) is 2.32.